The van der Waals surface area contributed by atoms with Gasteiger partial charge in [0, 0.05) is 30.6 Å². The maximum atomic E-state index is 12.8. The minimum absolute atomic E-state index is 0.132. The largest absolute Gasteiger partial charge is 0.534 e. The number of carbonyl (C=O) groups is 1. The molecule has 2 aromatic rings. The first-order chi connectivity index (χ1) is 14.4. The number of hydrogen-bond acceptors (Lipinski definition) is 7. The summed E-state index contributed by atoms with van der Waals surface area (Å²) in [5, 5.41) is 7.43. The highest BCUT2D eigenvalue weighted by molar-refractivity contribution is 7.87. The molecule has 1 aliphatic heterocycles. The van der Waals surface area contributed by atoms with Crippen LogP contribution in [-0.4, -0.2) is 42.6 Å². The molecule has 1 aromatic heterocycles. The molecule has 2 atom stereocenters. The van der Waals surface area contributed by atoms with Gasteiger partial charge in [-0.05, 0) is 31.9 Å². The quantitative estimate of drug-likeness (QED) is 0.385. The van der Waals surface area contributed by atoms with E-state index in [1.54, 1.807) is 31.2 Å². The van der Waals surface area contributed by atoms with Crippen LogP contribution in [0, 0.1) is 0 Å². The predicted molar refractivity (Wildman–Crippen MR) is 104 cm³/mol. The fourth-order valence-corrected chi connectivity index (χ4v) is 4.03. The smallest absolute Gasteiger partial charge is 0.497 e. The molecule has 12 heteroatoms. The number of alkyl halides is 3. The first kappa shape index (κ1) is 23.1. The fourth-order valence-electron chi connectivity index (χ4n) is 3.52. The molecule has 3 rings (SSSR count). The van der Waals surface area contributed by atoms with E-state index >= 15 is 0 Å². The number of benzene rings is 1. The van der Waals surface area contributed by atoms with Gasteiger partial charge in [0.1, 0.15) is 5.75 Å². The summed E-state index contributed by atoms with van der Waals surface area (Å²) in [5.41, 5.74) is -4.43. The van der Waals surface area contributed by atoms with Crippen molar-refractivity contribution < 1.29 is 35.3 Å². The number of carbonyl (C=O) groups excluding carboxylic acids is 1. The number of nitrogens with zero attached hydrogens (tertiary/aromatic N) is 2. The molecule has 170 valence electrons. The Balaban J connectivity index is 1.82. The third-order valence-electron chi connectivity index (χ3n) is 4.97. The maximum absolute atomic E-state index is 12.8. The first-order valence-electron chi connectivity index (χ1n) is 9.42. The molecule has 1 aromatic carbocycles. The lowest BCUT2D eigenvalue weighted by atomic mass is 9.92. The van der Waals surface area contributed by atoms with Crippen molar-refractivity contribution in [1.82, 2.24) is 15.1 Å². The van der Waals surface area contributed by atoms with Gasteiger partial charge in [-0.15, -0.1) is 0 Å². The highest BCUT2D eigenvalue weighted by Gasteiger charge is 2.49. The molecule has 1 N–H and O–H groups in total. The number of Topliss-reactive ketones (excluding diaryl/α,β-unsaturated/α-hetero) is 1. The number of fused-ring (bicyclic) bond motifs is 1. The van der Waals surface area contributed by atoms with E-state index in [4.69, 9.17) is 4.74 Å². The van der Waals surface area contributed by atoms with Gasteiger partial charge < -0.3 is 14.2 Å². The van der Waals surface area contributed by atoms with Crippen LogP contribution in [0.5, 0.6) is 11.6 Å². The van der Waals surface area contributed by atoms with Crippen molar-refractivity contribution in [3.05, 3.63) is 41.1 Å². The second kappa shape index (κ2) is 8.50. The minimum Gasteiger partial charge on any atom is -0.497 e. The molecule has 0 fully saturated rings. The van der Waals surface area contributed by atoms with Crippen LogP contribution < -0.4 is 14.2 Å². The van der Waals surface area contributed by atoms with Crippen molar-refractivity contribution in [2.45, 2.75) is 43.8 Å². The van der Waals surface area contributed by atoms with Crippen LogP contribution in [0.3, 0.4) is 0 Å². The van der Waals surface area contributed by atoms with Crippen LogP contribution in [0.2, 0.25) is 0 Å². The van der Waals surface area contributed by atoms with Gasteiger partial charge in [0.2, 0.25) is 5.88 Å². The number of hydrogen-bond donors (Lipinski definition) is 1. The molecule has 2 heterocycles. The van der Waals surface area contributed by atoms with Gasteiger partial charge in [0.05, 0.1) is 18.8 Å². The third-order valence-corrected chi connectivity index (χ3v) is 5.91. The van der Waals surface area contributed by atoms with E-state index < -0.39 is 27.5 Å². The van der Waals surface area contributed by atoms with E-state index in [2.05, 4.69) is 14.6 Å². The summed E-state index contributed by atoms with van der Waals surface area (Å²) in [4.78, 5) is 12.6. The number of ketones is 1. The normalized spacial score (nSPS) is 19.0. The summed E-state index contributed by atoms with van der Waals surface area (Å²) in [6, 6.07) is 6.07. The lowest BCUT2D eigenvalue weighted by Crippen LogP contribution is -2.37. The van der Waals surface area contributed by atoms with Crippen molar-refractivity contribution in [3.63, 3.8) is 0 Å². The summed E-state index contributed by atoms with van der Waals surface area (Å²) in [6.07, 6.45) is 0.687. The Hall–Kier alpha value is -2.60. The van der Waals surface area contributed by atoms with Crippen LogP contribution in [0.1, 0.15) is 47.4 Å². The molecule has 0 spiro atoms. The van der Waals surface area contributed by atoms with Crippen LogP contribution in [0.15, 0.2) is 24.3 Å². The number of aryl methyl sites for hydroxylation is 1. The lowest BCUT2D eigenvalue weighted by Gasteiger charge is -2.28. The molecule has 31 heavy (non-hydrogen) atoms. The minimum atomic E-state index is -5.83. The topological polar surface area (TPSA) is 99.5 Å². The lowest BCUT2D eigenvalue weighted by molar-refractivity contribution is -0.0502. The second-order valence-corrected chi connectivity index (χ2v) is 8.83. The Bertz CT molecular complexity index is 1080. The second-order valence-electron chi connectivity index (χ2n) is 7.29. The highest BCUT2D eigenvalue weighted by Crippen LogP contribution is 2.36. The molecule has 0 bridgehead atoms. The average molecular weight is 461 g/mol. The van der Waals surface area contributed by atoms with Gasteiger partial charge in [-0.1, -0.05) is 12.1 Å². The SMILES string of the molecule is COc1cccc(C(=O)CC[C@@H]2N[C@H](C)Cc3c2nn(C)c3OS(=O)(=O)C(F)(F)F)c1. The van der Waals surface area contributed by atoms with Gasteiger partial charge in [0.25, 0.3) is 0 Å². The molecule has 0 amide bonds. The van der Waals surface area contributed by atoms with E-state index in [0.717, 1.165) is 4.68 Å². The van der Waals surface area contributed by atoms with Gasteiger partial charge in [-0.25, -0.2) is 4.68 Å². The van der Waals surface area contributed by atoms with Crippen molar-refractivity contribution in [2.24, 2.45) is 7.05 Å². The fraction of sp³-hybridized carbons (Fsp3) is 0.474. The number of methoxy groups -OCH3 is 1. The molecule has 8 nitrogen and oxygen atoms in total. The van der Waals surface area contributed by atoms with Crippen LogP contribution in [-0.2, 0) is 23.6 Å². The standard InChI is InChI=1S/C19H22F3N3O5S/c1-11-9-14-17(24-25(2)18(14)30-31(27,28)19(20,21)22)15(23-11)7-8-16(26)12-5-4-6-13(10-12)29-3/h4-6,10-11,15,23H,7-9H2,1-3H3/t11-,15+/m1/s1. The van der Waals surface area contributed by atoms with Gasteiger partial charge >= 0.3 is 15.6 Å². The van der Waals surface area contributed by atoms with E-state index in [1.807, 2.05) is 0 Å². The van der Waals surface area contributed by atoms with Crippen LogP contribution in [0.25, 0.3) is 0 Å². The first-order valence-corrected chi connectivity index (χ1v) is 10.8. The Kier molecular flexibility index (Phi) is 6.33. The number of nitrogens with one attached hydrogen (secondary N) is 1. The van der Waals surface area contributed by atoms with Crippen molar-refractivity contribution in [1.29, 1.82) is 0 Å². The predicted octanol–water partition coefficient (Wildman–Crippen LogP) is 2.90. The number of rotatable bonds is 7. The Morgan fingerprint density at radius 1 is 1.35 bits per heavy atom. The van der Waals surface area contributed by atoms with Crippen LogP contribution >= 0.6 is 0 Å². The molecular formula is C19H22F3N3O5S. The number of aromatic nitrogens is 2. The summed E-state index contributed by atoms with van der Waals surface area (Å²) < 4.78 is 71.8. The van der Waals surface area contributed by atoms with Gasteiger partial charge in [-0.2, -0.15) is 26.7 Å². The number of halogens is 3. The van der Waals surface area contributed by atoms with E-state index in [0.29, 0.717) is 23.4 Å². The van der Waals surface area contributed by atoms with E-state index in [-0.39, 0.29) is 30.2 Å². The summed E-state index contributed by atoms with van der Waals surface area (Å²) >= 11 is 0. The number of ether oxygens (including phenoxy) is 1. The zero-order chi connectivity index (χ0) is 23.0. The Morgan fingerprint density at radius 2 is 2.06 bits per heavy atom. The molecule has 0 saturated carbocycles. The summed E-state index contributed by atoms with van der Waals surface area (Å²) in [7, 11) is -3.02. The summed E-state index contributed by atoms with van der Waals surface area (Å²) in [6.45, 7) is 1.80. The van der Waals surface area contributed by atoms with E-state index in [9.17, 15) is 26.4 Å². The van der Waals surface area contributed by atoms with Crippen LogP contribution in [0.4, 0.5) is 13.2 Å². The average Bonchev–Trinajstić information content (AvgIpc) is 3.00. The Labute approximate surface area is 177 Å². The molecule has 0 radical (unpaired) electrons. The maximum Gasteiger partial charge on any atom is 0.534 e. The zero-order valence-corrected chi connectivity index (χ0v) is 17.9. The van der Waals surface area contributed by atoms with Crippen molar-refractivity contribution in [3.8, 4) is 11.6 Å². The molecule has 0 saturated heterocycles. The molecule has 1 aliphatic rings. The van der Waals surface area contributed by atoms with Crippen molar-refractivity contribution in [2.75, 3.05) is 7.11 Å². The molecular weight excluding hydrogens is 439 g/mol. The Morgan fingerprint density at radius 3 is 2.71 bits per heavy atom. The highest BCUT2D eigenvalue weighted by atomic mass is 32.2. The summed E-state index contributed by atoms with van der Waals surface area (Å²) in [5.74, 6) is -0.0488. The van der Waals surface area contributed by atoms with Gasteiger partial charge in [-0.3, -0.25) is 4.79 Å². The van der Waals surface area contributed by atoms with Gasteiger partial charge in [0.15, 0.2) is 5.78 Å². The zero-order valence-electron chi connectivity index (χ0n) is 17.1. The van der Waals surface area contributed by atoms with Crippen molar-refractivity contribution >= 4 is 15.9 Å². The monoisotopic (exact) mass is 461 g/mol. The molecule has 0 aliphatic carbocycles. The van der Waals surface area contributed by atoms with E-state index in [1.165, 1.54) is 14.2 Å². The molecule has 0 unspecified atom stereocenters. The third kappa shape index (κ3) is 4.85.